The van der Waals surface area contributed by atoms with Crippen LogP contribution in [0.2, 0.25) is 0 Å². The van der Waals surface area contributed by atoms with Gasteiger partial charge in [0, 0.05) is 18.2 Å². The summed E-state index contributed by atoms with van der Waals surface area (Å²) in [5, 5.41) is 2.90. The highest BCUT2D eigenvalue weighted by Crippen LogP contribution is 2.38. The summed E-state index contributed by atoms with van der Waals surface area (Å²) < 4.78 is 0. The van der Waals surface area contributed by atoms with Crippen LogP contribution in [0.4, 0.5) is 4.79 Å². The van der Waals surface area contributed by atoms with Gasteiger partial charge in [-0.3, -0.25) is 19.3 Å². The van der Waals surface area contributed by atoms with Crippen molar-refractivity contribution < 1.29 is 19.2 Å². The van der Waals surface area contributed by atoms with E-state index in [-0.39, 0.29) is 30.3 Å². The zero-order valence-electron chi connectivity index (χ0n) is 17.2. The highest BCUT2D eigenvalue weighted by molar-refractivity contribution is 6.09. The standard InChI is InChI=1S/C22H28N4O4/c1-14-4-2-3-11-22(14)20(29)26(21(30)24-22)13-18(27)25(17-9-10-17)12-15-5-7-16(8-6-15)19(23)28/h5-8,14,17H,2-4,9-13H2,1H3,(H2,23,28)(H,24,30). The topological polar surface area (TPSA) is 113 Å². The minimum atomic E-state index is -0.857. The van der Waals surface area contributed by atoms with Gasteiger partial charge in [-0.25, -0.2) is 4.79 Å². The second kappa shape index (κ2) is 7.74. The molecule has 1 saturated heterocycles. The summed E-state index contributed by atoms with van der Waals surface area (Å²) >= 11 is 0. The average Bonchev–Trinajstić information content (AvgIpc) is 3.53. The minimum Gasteiger partial charge on any atom is -0.366 e. The first-order valence-corrected chi connectivity index (χ1v) is 10.6. The first-order chi connectivity index (χ1) is 14.3. The van der Waals surface area contributed by atoms with Crippen LogP contribution in [0.5, 0.6) is 0 Å². The van der Waals surface area contributed by atoms with E-state index >= 15 is 0 Å². The Morgan fingerprint density at radius 3 is 2.47 bits per heavy atom. The number of benzene rings is 1. The molecule has 4 rings (SSSR count). The van der Waals surface area contributed by atoms with Gasteiger partial charge in [0.05, 0.1) is 0 Å². The van der Waals surface area contributed by atoms with Gasteiger partial charge in [0.15, 0.2) is 0 Å². The monoisotopic (exact) mass is 412 g/mol. The number of imide groups is 1. The van der Waals surface area contributed by atoms with Gasteiger partial charge in [-0.1, -0.05) is 31.9 Å². The number of hydrogen-bond donors (Lipinski definition) is 2. The summed E-state index contributed by atoms with van der Waals surface area (Å²) in [7, 11) is 0. The third kappa shape index (κ3) is 3.66. The number of urea groups is 1. The van der Waals surface area contributed by atoms with Crippen molar-refractivity contribution in [3.8, 4) is 0 Å². The molecule has 2 unspecified atom stereocenters. The van der Waals surface area contributed by atoms with Crippen molar-refractivity contribution >= 4 is 23.8 Å². The summed E-state index contributed by atoms with van der Waals surface area (Å²) in [6.07, 6.45) is 5.28. The van der Waals surface area contributed by atoms with E-state index < -0.39 is 17.5 Å². The van der Waals surface area contributed by atoms with Crippen LogP contribution in [0.1, 0.15) is 61.4 Å². The Hall–Kier alpha value is -2.90. The Balaban J connectivity index is 1.46. The number of nitrogens with zero attached hydrogens (tertiary/aromatic N) is 2. The molecule has 0 aromatic heterocycles. The quantitative estimate of drug-likeness (QED) is 0.694. The maximum atomic E-state index is 13.1. The summed E-state index contributed by atoms with van der Waals surface area (Å²) in [6, 6.07) is 6.47. The Labute approximate surface area is 175 Å². The maximum absolute atomic E-state index is 13.1. The van der Waals surface area contributed by atoms with Crippen molar-refractivity contribution in [1.29, 1.82) is 0 Å². The van der Waals surface area contributed by atoms with E-state index in [1.165, 1.54) is 0 Å². The van der Waals surface area contributed by atoms with E-state index in [0.717, 1.165) is 42.6 Å². The number of nitrogens with two attached hydrogens (primary N) is 1. The molecule has 8 heteroatoms. The summed E-state index contributed by atoms with van der Waals surface area (Å²) in [5.74, 6) is -0.942. The predicted molar refractivity (Wildman–Crippen MR) is 109 cm³/mol. The Morgan fingerprint density at radius 1 is 1.17 bits per heavy atom. The van der Waals surface area contributed by atoms with Gasteiger partial charge in [-0.2, -0.15) is 0 Å². The molecule has 1 aromatic rings. The fourth-order valence-corrected chi connectivity index (χ4v) is 4.64. The highest BCUT2D eigenvalue weighted by atomic mass is 16.2. The van der Waals surface area contributed by atoms with Gasteiger partial charge in [-0.05, 0) is 49.3 Å². The maximum Gasteiger partial charge on any atom is 0.325 e. The number of carbonyl (C=O) groups excluding carboxylic acids is 4. The van der Waals surface area contributed by atoms with Crippen LogP contribution >= 0.6 is 0 Å². The van der Waals surface area contributed by atoms with E-state index in [1.807, 2.05) is 6.92 Å². The zero-order valence-corrected chi connectivity index (χ0v) is 17.2. The largest absolute Gasteiger partial charge is 0.366 e. The molecular formula is C22H28N4O4. The number of rotatable bonds is 6. The summed E-state index contributed by atoms with van der Waals surface area (Å²) in [6.45, 7) is 2.12. The van der Waals surface area contributed by atoms with Crippen molar-refractivity contribution in [2.24, 2.45) is 11.7 Å². The zero-order chi connectivity index (χ0) is 21.5. The first kappa shape index (κ1) is 20.4. The van der Waals surface area contributed by atoms with Gasteiger partial charge < -0.3 is 16.0 Å². The van der Waals surface area contributed by atoms with E-state index in [2.05, 4.69) is 5.32 Å². The van der Waals surface area contributed by atoms with Crippen LogP contribution in [0.3, 0.4) is 0 Å². The van der Waals surface area contributed by atoms with Gasteiger partial charge in [-0.15, -0.1) is 0 Å². The Morgan fingerprint density at radius 2 is 1.87 bits per heavy atom. The lowest BCUT2D eigenvalue weighted by Gasteiger charge is -2.36. The third-order valence-electron chi connectivity index (χ3n) is 6.69. The Kier molecular flexibility index (Phi) is 5.26. The first-order valence-electron chi connectivity index (χ1n) is 10.6. The molecule has 30 heavy (non-hydrogen) atoms. The average molecular weight is 412 g/mol. The minimum absolute atomic E-state index is 0.0612. The van der Waals surface area contributed by atoms with E-state index in [4.69, 9.17) is 5.73 Å². The van der Waals surface area contributed by atoms with Crippen LogP contribution in [-0.2, 0) is 16.1 Å². The van der Waals surface area contributed by atoms with E-state index in [0.29, 0.717) is 18.5 Å². The molecule has 1 aromatic carbocycles. The summed E-state index contributed by atoms with van der Waals surface area (Å²) in [4.78, 5) is 52.9. The lowest BCUT2D eigenvalue weighted by Crippen LogP contribution is -2.54. The lowest BCUT2D eigenvalue weighted by molar-refractivity contribution is -0.141. The van der Waals surface area contributed by atoms with Gasteiger partial charge in [0.1, 0.15) is 12.1 Å². The fourth-order valence-electron chi connectivity index (χ4n) is 4.64. The molecule has 160 valence electrons. The Bertz CT molecular complexity index is 880. The molecule has 1 aliphatic heterocycles. The second-order valence-corrected chi connectivity index (χ2v) is 8.75. The summed E-state index contributed by atoms with van der Waals surface area (Å²) in [5.41, 5.74) is 5.70. The smallest absolute Gasteiger partial charge is 0.325 e. The molecule has 2 aliphatic carbocycles. The molecule has 1 heterocycles. The molecular weight excluding hydrogens is 384 g/mol. The molecule has 2 saturated carbocycles. The number of amides is 5. The molecule has 2 atom stereocenters. The van der Waals surface area contributed by atoms with Gasteiger partial charge >= 0.3 is 6.03 Å². The van der Waals surface area contributed by atoms with Crippen molar-refractivity contribution in [3.05, 3.63) is 35.4 Å². The fraction of sp³-hybridized carbons (Fsp3) is 0.545. The van der Waals surface area contributed by atoms with Crippen LogP contribution < -0.4 is 11.1 Å². The van der Waals surface area contributed by atoms with Crippen LogP contribution in [0.15, 0.2) is 24.3 Å². The van der Waals surface area contributed by atoms with Crippen molar-refractivity contribution in [3.63, 3.8) is 0 Å². The van der Waals surface area contributed by atoms with Crippen molar-refractivity contribution in [1.82, 2.24) is 15.1 Å². The second-order valence-electron chi connectivity index (χ2n) is 8.75. The van der Waals surface area contributed by atoms with E-state index in [9.17, 15) is 19.2 Å². The highest BCUT2D eigenvalue weighted by Gasteiger charge is 2.55. The van der Waals surface area contributed by atoms with Crippen molar-refractivity contribution in [2.75, 3.05) is 6.54 Å². The van der Waals surface area contributed by atoms with Crippen molar-refractivity contribution in [2.45, 2.75) is 63.6 Å². The normalized spacial score (nSPS) is 26.0. The number of primary amides is 1. The van der Waals surface area contributed by atoms with Crippen LogP contribution in [-0.4, -0.2) is 51.7 Å². The molecule has 1 spiro atoms. The molecule has 3 N–H and O–H groups in total. The van der Waals surface area contributed by atoms with E-state index in [1.54, 1.807) is 29.2 Å². The molecule has 3 fully saturated rings. The molecule has 8 nitrogen and oxygen atoms in total. The third-order valence-corrected chi connectivity index (χ3v) is 6.69. The predicted octanol–water partition coefficient (Wildman–Crippen LogP) is 1.78. The number of nitrogens with one attached hydrogen (secondary N) is 1. The number of carbonyl (C=O) groups is 4. The van der Waals surface area contributed by atoms with Gasteiger partial charge in [0.2, 0.25) is 11.8 Å². The van der Waals surface area contributed by atoms with Crippen LogP contribution in [0.25, 0.3) is 0 Å². The van der Waals surface area contributed by atoms with Crippen LogP contribution in [0, 0.1) is 5.92 Å². The molecule has 0 bridgehead atoms. The lowest BCUT2D eigenvalue weighted by atomic mass is 9.73. The molecule has 5 amide bonds. The van der Waals surface area contributed by atoms with Gasteiger partial charge in [0.25, 0.3) is 5.91 Å². The molecule has 3 aliphatic rings. The SMILES string of the molecule is CC1CCCCC12NC(=O)N(CC(=O)N(Cc1ccc(C(N)=O)cc1)C1CC1)C2=O. The number of hydrogen-bond acceptors (Lipinski definition) is 4. The molecule has 0 radical (unpaired) electrons.